The van der Waals surface area contributed by atoms with E-state index >= 15 is 0 Å². The van der Waals surface area contributed by atoms with Crippen molar-refractivity contribution < 1.29 is 19.0 Å². The highest BCUT2D eigenvalue weighted by atomic mass is 35.5. The van der Waals surface area contributed by atoms with E-state index in [1.807, 2.05) is 84.1 Å². The Morgan fingerprint density at radius 2 is 1.85 bits per heavy atom. The molecule has 5 rings (SSSR count). The molecule has 0 radical (unpaired) electrons. The summed E-state index contributed by atoms with van der Waals surface area (Å²) in [4.78, 5) is 26.5. The van der Waals surface area contributed by atoms with Gasteiger partial charge in [0.2, 0.25) is 0 Å². The largest absolute Gasteiger partial charge is 0.466 e. The topological polar surface area (TPSA) is 94.8 Å². The normalized spacial score (nSPS) is 17.9. The predicted octanol–water partition coefficient (Wildman–Crippen LogP) is 5.96. The third kappa shape index (κ3) is 5.76. The van der Waals surface area contributed by atoms with Crippen molar-refractivity contribution in [2.75, 3.05) is 31.9 Å². The van der Waals surface area contributed by atoms with Crippen LogP contribution in [0.5, 0.6) is 5.75 Å². The van der Waals surface area contributed by atoms with Crippen molar-refractivity contribution in [2.24, 2.45) is 7.05 Å². The number of hydrogen-bond donors (Lipinski definition) is 0. The number of pyridine rings is 2. The van der Waals surface area contributed by atoms with E-state index in [2.05, 4.69) is 10.00 Å². The molecule has 0 unspecified atom stereocenters. The molecule has 1 amide bonds. The van der Waals surface area contributed by atoms with Crippen LogP contribution in [0.15, 0.2) is 30.6 Å². The number of ether oxygens (including phenoxy) is 3. The Morgan fingerprint density at radius 3 is 2.51 bits per heavy atom. The molecular formula is C30H37ClN6O4. The lowest BCUT2D eigenvalue weighted by atomic mass is 10.0. The number of aryl methyl sites for hydroxylation is 2. The zero-order valence-corrected chi connectivity index (χ0v) is 25.6. The fourth-order valence-corrected chi connectivity index (χ4v) is 5.75. The zero-order chi connectivity index (χ0) is 29.6. The highest BCUT2D eigenvalue weighted by Crippen LogP contribution is 2.39. The fraction of sp³-hybridized carbons (Fsp3) is 0.467. The summed E-state index contributed by atoms with van der Waals surface area (Å²) < 4.78 is 18.6. The third-order valence-corrected chi connectivity index (χ3v) is 7.49. The number of halogens is 1. The summed E-state index contributed by atoms with van der Waals surface area (Å²) >= 11 is 6.88. The van der Waals surface area contributed by atoms with Crippen molar-refractivity contribution in [2.45, 2.75) is 59.2 Å². The maximum atomic E-state index is 12.8. The molecule has 4 heterocycles. The van der Waals surface area contributed by atoms with Gasteiger partial charge in [0, 0.05) is 55.3 Å². The highest BCUT2D eigenvalue weighted by molar-refractivity contribution is 6.35. The monoisotopic (exact) mass is 580 g/mol. The first-order chi connectivity index (χ1) is 19.4. The maximum absolute atomic E-state index is 12.8. The lowest BCUT2D eigenvalue weighted by Crippen LogP contribution is -2.59. The molecule has 0 saturated carbocycles. The Labute approximate surface area is 245 Å². The number of rotatable bonds is 5. The summed E-state index contributed by atoms with van der Waals surface area (Å²) in [5.41, 5.74) is 4.10. The molecule has 0 bridgehead atoms. The van der Waals surface area contributed by atoms with E-state index in [0.29, 0.717) is 35.2 Å². The molecule has 218 valence electrons. The number of hydrogen-bond acceptors (Lipinski definition) is 8. The first-order valence-corrected chi connectivity index (χ1v) is 14.1. The summed E-state index contributed by atoms with van der Waals surface area (Å²) in [7, 11) is 3.47. The molecule has 0 aliphatic carbocycles. The van der Waals surface area contributed by atoms with Gasteiger partial charge in [0.15, 0.2) is 12.4 Å². The van der Waals surface area contributed by atoms with Crippen LogP contribution in [0.4, 0.5) is 10.5 Å². The number of nitrogens with zero attached hydrogens (tertiary/aromatic N) is 6. The molecule has 11 heteroatoms. The number of carbonyl (C=O) groups is 1. The van der Waals surface area contributed by atoms with Crippen LogP contribution < -0.4 is 9.64 Å². The van der Waals surface area contributed by atoms with Crippen molar-refractivity contribution in [3.63, 3.8) is 0 Å². The molecule has 2 atom stereocenters. The molecular weight excluding hydrogens is 544 g/mol. The van der Waals surface area contributed by atoms with Crippen LogP contribution in [0.2, 0.25) is 5.02 Å². The average Bonchev–Trinajstić information content (AvgIpc) is 3.27. The number of amides is 1. The van der Waals surface area contributed by atoms with Crippen LogP contribution in [0.1, 0.15) is 40.2 Å². The Morgan fingerprint density at radius 1 is 1.15 bits per heavy atom. The molecule has 1 aliphatic rings. The second-order valence-electron chi connectivity index (χ2n) is 11.7. The Bertz CT molecular complexity index is 1600. The molecule has 1 aromatic carbocycles. The van der Waals surface area contributed by atoms with Gasteiger partial charge in [-0.15, -0.1) is 0 Å². The van der Waals surface area contributed by atoms with Crippen molar-refractivity contribution in [3.8, 4) is 17.0 Å². The number of fused-ring (bicyclic) bond motifs is 2. The van der Waals surface area contributed by atoms with Crippen LogP contribution in [-0.2, 0) is 16.5 Å². The van der Waals surface area contributed by atoms with E-state index in [1.165, 1.54) is 0 Å². The van der Waals surface area contributed by atoms with Crippen LogP contribution in [-0.4, -0.2) is 75.4 Å². The first-order valence-electron chi connectivity index (χ1n) is 13.7. The van der Waals surface area contributed by atoms with Gasteiger partial charge in [-0.1, -0.05) is 11.6 Å². The van der Waals surface area contributed by atoms with E-state index in [0.717, 1.165) is 33.1 Å². The summed E-state index contributed by atoms with van der Waals surface area (Å²) in [5, 5.41) is 6.84. The number of methoxy groups -OCH3 is 1. The average molecular weight is 581 g/mol. The number of benzene rings is 1. The van der Waals surface area contributed by atoms with Gasteiger partial charge in [0.25, 0.3) is 0 Å². The summed E-state index contributed by atoms with van der Waals surface area (Å²) in [6, 6.07) is 5.78. The molecule has 3 aromatic heterocycles. The Kier molecular flexibility index (Phi) is 7.74. The lowest BCUT2D eigenvalue weighted by Gasteiger charge is -2.45. The third-order valence-electron chi connectivity index (χ3n) is 7.18. The van der Waals surface area contributed by atoms with Gasteiger partial charge < -0.3 is 19.1 Å². The van der Waals surface area contributed by atoms with Gasteiger partial charge in [-0.2, -0.15) is 5.10 Å². The smallest absolute Gasteiger partial charge is 0.410 e. The standard InChI is InChI=1S/C30H37ClN6O4/c1-17-13-36(14-18(2)37(17)29(38)41-30(4,5)6)21-10-22-24(31)11-25(33-28(22)32-12-21)23-9-20-15-35(7)34-26(20)19(3)27(23)40-16-39-8/h9-12,15,17-18H,13-14,16H2,1-8H3/t17-,18-/m0/s1. The molecule has 41 heavy (non-hydrogen) atoms. The number of piperazine rings is 1. The van der Waals surface area contributed by atoms with Gasteiger partial charge in [0.1, 0.15) is 11.4 Å². The van der Waals surface area contributed by atoms with Gasteiger partial charge in [-0.05, 0) is 59.7 Å². The molecule has 0 N–H and O–H groups in total. The second kappa shape index (κ2) is 11.0. The van der Waals surface area contributed by atoms with Crippen molar-refractivity contribution in [1.29, 1.82) is 0 Å². The summed E-state index contributed by atoms with van der Waals surface area (Å²) in [6.45, 7) is 13.1. The molecule has 10 nitrogen and oxygen atoms in total. The van der Waals surface area contributed by atoms with E-state index in [1.54, 1.807) is 11.8 Å². The van der Waals surface area contributed by atoms with E-state index in [-0.39, 0.29) is 25.0 Å². The van der Waals surface area contributed by atoms with Crippen LogP contribution in [0.3, 0.4) is 0 Å². The van der Waals surface area contributed by atoms with Gasteiger partial charge in [-0.3, -0.25) is 9.58 Å². The number of aromatic nitrogens is 4. The number of anilines is 1. The molecule has 4 aromatic rings. The molecule has 1 fully saturated rings. The van der Waals surface area contributed by atoms with Crippen molar-refractivity contribution >= 4 is 45.3 Å². The summed E-state index contributed by atoms with van der Waals surface area (Å²) in [6.07, 6.45) is 3.49. The first kappa shape index (κ1) is 28.9. The maximum Gasteiger partial charge on any atom is 0.410 e. The van der Waals surface area contributed by atoms with E-state index in [4.69, 9.17) is 35.8 Å². The Balaban J connectivity index is 1.47. The number of carbonyl (C=O) groups excluding carboxylic acids is 1. The quantitative estimate of drug-likeness (QED) is 0.267. The zero-order valence-electron chi connectivity index (χ0n) is 24.9. The van der Waals surface area contributed by atoms with Crippen LogP contribution in [0, 0.1) is 6.92 Å². The van der Waals surface area contributed by atoms with Crippen LogP contribution in [0.25, 0.3) is 33.2 Å². The molecule has 0 spiro atoms. The van der Waals surface area contributed by atoms with Gasteiger partial charge in [0.05, 0.1) is 40.2 Å². The SMILES string of the molecule is COCOc1c(-c2cc(Cl)c3cc(N4C[C@H](C)N(C(=O)OC(C)(C)C)[C@@H](C)C4)cnc3n2)cc2cn(C)nc2c1C. The fourth-order valence-electron chi connectivity index (χ4n) is 5.50. The summed E-state index contributed by atoms with van der Waals surface area (Å²) in [5.74, 6) is 0.642. The minimum absolute atomic E-state index is 0.0450. The van der Waals surface area contributed by atoms with Crippen LogP contribution >= 0.6 is 11.6 Å². The molecule has 1 saturated heterocycles. The molecule has 1 aliphatic heterocycles. The van der Waals surface area contributed by atoms with Crippen molar-refractivity contribution in [3.05, 3.63) is 41.2 Å². The van der Waals surface area contributed by atoms with Gasteiger partial charge in [-0.25, -0.2) is 14.8 Å². The highest BCUT2D eigenvalue weighted by Gasteiger charge is 2.36. The minimum Gasteiger partial charge on any atom is -0.466 e. The van der Waals surface area contributed by atoms with E-state index in [9.17, 15) is 4.79 Å². The minimum atomic E-state index is -0.544. The van der Waals surface area contributed by atoms with E-state index < -0.39 is 5.60 Å². The second-order valence-corrected chi connectivity index (χ2v) is 12.1. The predicted molar refractivity (Wildman–Crippen MR) is 161 cm³/mol. The van der Waals surface area contributed by atoms with Gasteiger partial charge >= 0.3 is 6.09 Å². The lowest BCUT2D eigenvalue weighted by molar-refractivity contribution is 0.00565. The Hall–Kier alpha value is -3.63. The van der Waals surface area contributed by atoms with Crippen molar-refractivity contribution in [1.82, 2.24) is 24.6 Å².